The van der Waals surface area contributed by atoms with Gasteiger partial charge in [0.25, 0.3) is 0 Å². The van der Waals surface area contributed by atoms with Gasteiger partial charge >= 0.3 is 0 Å². The van der Waals surface area contributed by atoms with Crippen molar-refractivity contribution in [2.45, 2.75) is 77.5 Å². The third-order valence-corrected chi connectivity index (χ3v) is 4.49. The molecular formula is C15H29NO. The summed E-state index contributed by atoms with van der Waals surface area (Å²) in [7, 11) is 0. The molecule has 2 fully saturated rings. The maximum Gasteiger partial charge on any atom is 0.0785 e. The molecule has 2 nitrogen and oxygen atoms in total. The number of hydrogen-bond acceptors (Lipinski definition) is 2. The maximum atomic E-state index is 6.42. The topological polar surface area (TPSA) is 21.3 Å². The van der Waals surface area contributed by atoms with Crippen molar-refractivity contribution in [2.75, 3.05) is 6.54 Å². The van der Waals surface area contributed by atoms with Gasteiger partial charge in [-0.05, 0) is 44.4 Å². The summed E-state index contributed by atoms with van der Waals surface area (Å²) in [4.78, 5) is 0. The molecule has 1 aliphatic carbocycles. The van der Waals surface area contributed by atoms with Gasteiger partial charge in [-0.15, -0.1) is 0 Å². The Kier molecular flexibility index (Phi) is 4.14. The van der Waals surface area contributed by atoms with E-state index in [2.05, 4.69) is 33.0 Å². The van der Waals surface area contributed by atoms with Crippen LogP contribution in [0.25, 0.3) is 0 Å². The van der Waals surface area contributed by atoms with Crippen LogP contribution in [0.1, 0.15) is 59.8 Å². The van der Waals surface area contributed by atoms with Gasteiger partial charge in [0.2, 0.25) is 0 Å². The Morgan fingerprint density at radius 1 is 1.35 bits per heavy atom. The van der Waals surface area contributed by atoms with E-state index in [-0.39, 0.29) is 5.60 Å². The highest BCUT2D eigenvalue weighted by Crippen LogP contribution is 2.35. The molecule has 17 heavy (non-hydrogen) atoms. The second-order valence-corrected chi connectivity index (χ2v) is 6.78. The molecule has 2 aliphatic rings. The standard InChI is InChI=1S/C15H29NO/c1-5-12-6-7-14-13(8-12)16-10-15(4,17-14)9-11(2)3/h11-14,16H,5-10H2,1-4H3. The van der Waals surface area contributed by atoms with Crippen LogP contribution in [-0.4, -0.2) is 24.3 Å². The molecule has 0 spiro atoms. The van der Waals surface area contributed by atoms with Crippen molar-refractivity contribution in [1.82, 2.24) is 5.32 Å². The minimum absolute atomic E-state index is 0.0639. The molecule has 0 bridgehead atoms. The molecule has 1 saturated heterocycles. The number of nitrogens with one attached hydrogen (secondary N) is 1. The van der Waals surface area contributed by atoms with Crippen LogP contribution in [0.5, 0.6) is 0 Å². The average Bonchev–Trinajstić information content (AvgIpc) is 2.27. The fraction of sp³-hybridized carbons (Fsp3) is 1.00. The van der Waals surface area contributed by atoms with E-state index in [1.165, 1.54) is 32.1 Å². The van der Waals surface area contributed by atoms with E-state index >= 15 is 0 Å². The van der Waals surface area contributed by atoms with E-state index in [9.17, 15) is 0 Å². The minimum atomic E-state index is 0.0639. The Hall–Kier alpha value is -0.0800. The summed E-state index contributed by atoms with van der Waals surface area (Å²) >= 11 is 0. The van der Waals surface area contributed by atoms with Crippen LogP contribution in [0.4, 0.5) is 0 Å². The SMILES string of the molecule is CCC1CCC2OC(C)(CC(C)C)CNC2C1. The highest BCUT2D eigenvalue weighted by molar-refractivity contribution is 4.95. The lowest BCUT2D eigenvalue weighted by molar-refractivity contribution is -0.148. The van der Waals surface area contributed by atoms with Gasteiger partial charge in [0.15, 0.2) is 0 Å². The van der Waals surface area contributed by atoms with E-state index < -0.39 is 0 Å². The zero-order valence-electron chi connectivity index (χ0n) is 12.0. The Morgan fingerprint density at radius 3 is 2.76 bits per heavy atom. The lowest BCUT2D eigenvalue weighted by Gasteiger charge is -2.48. The van der Waals surface area contributed by atoms with E-state index in [0.717, 1.165) is 12.5 Å². The molecule has 1 aliphatic heterocycles. The van der Waals surface area contributed by atoms with Crippen LogP contribution in [0, 0.1) is 11.8 Å². The monoisotopic (exact) mass is 239 g/mol. The van der Waals surface area contributed by atoms with Crippen molar-refractivity contribution in [3.63, 3.8) is 0 Å². The van der Waals surface area contributed by atoms with Crippen LogP contribution in [-0.2, 0) is 4.74 Å². The first-order chi connectivity index (χ1) is 8.02. The summed E-state index contributed by atoms with van der Waals surface area (Å²) in [5.41, 5.74) is 0.0639. The van der Waals surface area contributed by atoms with Crippen molar-refractivity contribution < 1.29 is 4.74 Å². The van der Waals surface area contributed by atoms with Gasteiger partial charge < -0.3 is 10.1 Å². The van der Waals surface area contributed by atoms with Gasteiger partial charge in [-0.3, -0.25) is 0 Å². The zero-order chi connectivity index (χ0) is 12.5. The van der Waals surface area contributed by atoms with Crippen molar-refractivity contribution in [1.29, 1.82) is 0 Å². The van der Waals surface area contributed by atoms with E-state index in [4.69, 9.17) is 4.74 Å². The Balaban J connectivity index is 1.92. The van der Waals surface area contributed by atoms with Gasteiger partial charge in [0, 0.05) is 12.6 Å². The summed E-state index contributed by atoms with van der Waals surface area (Å²) in [6, 6.07) is 0.619. The third kappa shape index (κ3) is 3.23. The minimum Gasteiger partial charge on any atom is -0.369 e. The van der Waals surface area contributed by atoms with E-state index in [1.807, 2.05) is 0 Å². The first-order valence-electron chi connectivity index (χ1n) is 7.43. The van der Waals surface area contributed by atoms with Crippen LogP contribution < -0.4 is 5.32 Å². The number of morpholine rings is 1. The number of hydrogen-bond donors (Lipinski definition) is 1. The number of fused-ring (bicyclic) bond motifs is 1. The molecule has 1 N–H and O–H groups in total. The second kappa shape index (κ2) is 5.27. The van der Waals surface area contributed by atoms with E-state index in [1.54, 1.807) is 0 Å². The molecule has 0 aromatic heterocycles. The molecule has 2 heteroatoms. The fourth-order valence-electron chi connectivity index (χ4n) is 3.69. The zero-order valence-corrected chi connectivity index (χ0v) is 12.0. The summed E-state index contributed by atoms with van der Waals surface area (Å²) in [5, 5.41) is 3.76. The highest BCUT2D eigenvalue weighted by atomic mass is 16.5. The van der Waals surface area contributed by atoms with Crippen LogP contribution in [0.2, 0.25) is 0 Å². The Labute approximate surface area is 107 Å². The van der Waals surface area contributed by atoms with Gasteiger partial charge in [0.05, 0.1) is 11.7 Å². The van der Waals surface area contributed by atoms with Crippen molar-refractivity contribution in [3.05, 3.63) is 0 Å². The molecule has 0 aromatic carbocycles. The van der Waals surface area contributed by atoms with Crippen molar-refractivity contribution >= 4 is 0 Å². The van der Waals surface area contributed by atoms with E-state index in [0.29, 0.717) is 18.1 Å². The van der Waals surface area contributed by atoms with Gasteiger partial charge in [0.1, 0.15) is 0 Å². The fourth-order valence-corrected chi connectivity index (χ4v) is 3.69. The normalized spacial score (nSPS) is 42.5. The molecule has 1 heterocycles. The predicted octanol–water partition coefficient (Wildman–Crippen LogP) is 3.36. The second-order valence-electron chi connectivity index (χ2n) is 6.78. The van der Waals surface area contributed by atoms with Crippen molar-refractivity contribution in [2.24, 2.45) is 11.8 Å². The summed E-state index contributed by atoms with van der Waals surface area (Å²) < 4.78 is 6.42. The third-order valence-electron chi connectivity index (χ3n) is 4.49. The number of ether oxygens (including phenoxy) is 1. The van der Waals surface area contributed by atoms with Crippen molar-refractivity contribution in [3.8, 4) is 0 Å². The molecule has 0 radical (unpaired) electrons. The summed E-state index contributed by atoms with van der Waals surface area (Å²) in [6.45, 7) is 10.2. The van der Waals surface area contributed by atoms with Gasteiger partial charge in [-0.25, -0.2) is 0 Å². The van der Waals surface area contributed by atoms with Gasteiger partial charge in [-0.1, -0.05) is 27.2 Å². The molecule has 4 unspecified atom stereocenters. The number of rotatable bonds is 3. The Morgan fingerprint density at radius 2 is 2.12 bits per heavy atom. The molecule has 0 amide bonds. The molecule has 2 rings (SSSR count). The molecule has 1 saturated carbocycles. The molecule has 0 aromatic rings. The molecule has 100 valence electrons. The summed E-state index contributed by atoms with van der Waals surface area (Å²) in [5.74, 6) is 1.63. The lowest BCUT2D eigenvalue weighted by atomic mass is 9.80. The van der Waals surface area contributed by atoms with Crippen LogP contribution >= 0.6 is 0 Å². The Bertz CT molecular complexity index is 253. The smallest absolute Gasteiger partial charge is 0.0785 e. The average molecular weight is 239 g/mol. The largest absolute Gasteiger partial charge is 0.369 e. The van der Waals surface area contributed by atoms with Crippen LogP contribution in [0.3, 0.4) is 0 Å². The first-order valence-corrected chi connectivity index (χ1v) is 7.43. The molecular weight excluding hydrogens is 210 g/mol. The van der Waals surface area contributed by atoms with Crippen LogP contribution in [0.15, 0.2) is 0 Å². The highest BCUT2D eigenvalue weighted by Gasteiger charge is 2.41. The predicted molar refractivity (Wildman–Crippen MR) is 72.2 cm³/mol. The maximum absolute atomic E-state index is 6.42. The van der Waals surface area contributed by atoms with Gasteiger partial charge in [-0.2, -0.15) is 0 Å². The molecule has 4 atom stereocenters. The quantitative estimate of drug-likeness (QED) is 0.815. The lowest BCUT2D eigenvalue weighted by Crippen LogP contribution is -2.60. The first kappa shape index (κ1) is 13.4. The summed E-state index contributed by atoms with van der Waals surface area (Å²) in [6.07, 6.45) is 6.89.